The lowest BCUT2D eigenvalue weighted by atomic mass is 10.3. The van der Waals surface area contributed by atoms with Gasteiger partial charge in [0.15, 0.2) is 0 Å². The standard InChI is InChI=1S/C18H20FN3O2S/c1-12(2)20-18(24)22-15-7-5-14(6-8-15)21-17(23)11-25-16-9-3-13(19)4-10-16/h3-10,12H,11H2,1-2H3,(H,21,23)(H2,20,22,24). The second-order valence-corrected chi connectivity index (χ2v) is 6.67. The molecular weight excluding hydrogens is 341 g/mol. The minimum atomic E-state index is -0.301. The van der Waals surface area contributed by atoms with Crippen molar-refractivity contribution in [3.8, 4) is 0 Å². The number of amides is 3. The Bertz CT molecular complexity index is 718. The molecule has 3 amide bonds. The molecule has 0 saturated carbocycles. The van der Waals surface area contributed by atoms with Crippen LogP contribution < -0.4 is 16.0 Å². The van der Waals surface area contributed by atoms with Crippen molar-refractivity contribution >= 4 is 35.1 Å². The number of nitrogens with one attached hydrogen (secondary N) is 3. The molecule has 0 radical (unpaired) electrons. The average molecular weight is 361 g/mol. The van der Waals surface area contributed by atoms with Crippen LogP contribution in [0.15, 0.2) is 53.4 Å². The smallest absolute Gasteiger partial charge is 0.319 e. The lowest BCUT2D eigenvalue weighted by Crippen LogP contribution is -2.34. The number of carbonyl (C=O) groups is 2. The fourth-order valence-electron chi connectivity index (χ4n) is 1.94. The van der Waals surface area contributed by atoms with Gasteiger partial charge in [-0.2, -0.15) is 0 Å². The van der Waals surface area contributed by atoms with E-state index in [2.05, 4.69) is 16.0 Å². The Morgan fingerprint density at radius 2 is 1.52 bits per heavy atom. The first-order chi connectivity index (χ1) is 11.9. The molecule has 5 nitrogen and oxygen atoms in total. The van der Waals surface area contributed by atoms with Crippen LogP contribution in [0.25, 0.3) is 0 Å². The third kappa shape index (κ3) is 6.84. The van der Waals surface area contributed by atoms with E-state index in [4.69, 9.17) is 0 Å². The lowest BCUT2D eigenvalue weighted by Gasteiger charge is -2.11. The maximum atomic E-state index is 12.8. The number of hydrogen-bond donors (Lipinski definition) is 3. The molecule has 2 rings (SSSR count). The van der Waals surface area contributed by atoms with Crippen molar-refractivity contribution in [3.63, 3.8) is 0 Å². The maximum absolute atomic E-state index is 12.8. The molecular formula is C18H20FN3O2S. The summed E-state index contributed by atoms with van der Waals surface area (Å²) in [5.74, 6) is -0.236. The number of urea groups is 1. The summed E-state index contributed by atoms with van der Waals surface area (Å²) in [4.78, 5) is 24.4. The van der Waals surface area contributed by atoms with Crippen molar-refractivity contribution in [2.24, 2.45) is 0 Å². The van der Waals surface area contributed by atoms with E-state index in [9.17, 15) is 14.0 Å². The van der Waals surface area contributed by atoms with Gasteiger partial charge in [-0.15, -0.1) is 11.8 Å². The van der Waals surface area contributed by atoms with Gasteiger partial charge in [0.1, 0.15) is 5.82 Å². The summed E-state index contributed by atoms with van der Waals surface area (Å²) in [5, 5.41) is 8.21. The molecule has 0 saturated heterocycles. The third-order valence-corrected chi connectivity index (χ3v) is 4.04. The van der Waals surface area contributed by atoms with Crippen LogP contribution >= 0.6 is 11.8 Å². The summed E-state index contributed by atoms with van der Waals surface area (Å²) >= 11 is 1.33. The Kier molecular flexibility index (Phi) is 6.82. The van der Waals surface area contributed by atoms with Gasteiger partial charge in [-0.25, -0.2) is 9.18 Å². The zero-order valence-electron chi connectivity index (χ0n) is 14.0. The van der Waals surface area contributed by atoms with Gasteiger partial charge in [-0.3, -0.25) is 4.79 Å². The highest BCUT2D eigenvalue weighted by atomic mass is 32.2. The lowest BCUT2D eigenvalue weighted by molar-refractivity contribution is -0.113. The average Bonchev–Trinajstić information content (AvgIpc) is 2.55. The number of benzene rings is 2. The number of anilines is 2. The highest BCUT2D eigenvalue weighted by Crippen LogP contribution is 2.19. The third-order valence-electron chi connectivity index (χ3n) is 3.03. The van der Waals surface area contributed by atoms with Gasteiger partial charge < -0.3 is 16.0 Å². The van der Waals surface area contributed by atoms with E-state index in [1.165, 1.54) is 23.9 Å². The molecule has 0 aliphatic carbocycles. The number of carbonyl (C=O) groups excluding carboxylic acids is 2. The van der Waals surface area contributed by atoms with Crippen molar-refractivity contribution < 1.29 is 14.0 Å². The van der Waals surface area contributed by atoms with Gasteiger partial charge in [0.25, 0.3) is 0 Å². The van der Waals surface area contributed by atoms with E-state index in [-0.39, 0.29) is 29.6 Å². The van der Waals surface area contributed by atoms with Gasteiger partial charge >= 0.3 is 6.03 Å². The summed E-state index contributed by atoms with van der Waals surface area (Å²) in [5.41, 5.74) is 1.27. The van der Waals surface area contributed by atoms with E-state index in [0.29, 0.717) is 11.4 Å². The van der Waals surface area contributed by atoms with Gasteiger partial charge in [-0.05, 0) is 62.4 Å². The first-order valence-electron chi connectivity index (χ1n) is 7.78. The largest absolute Gasteiger partial charge is 0.336 e. The van der Waals surface area contributed by atoms with Gasteiger partial charge in [0.2, 0.25) is 5.91 Å². The van der Waals surface area contributed by atoms with Gasteiger partial charge in [0, 0.05) is 22.3 Å². The number of thioether (sulfide) groups is 1. The van der Waals surface area contributed by atoms with E-state index in [1.807, 2.05) is 13.8 Å². The van der Waals surface area contributed by atoms with Gasteiger partial charge in [0.05, 0.1) is 5.75 Å². The Balaban J connectivity index is 1.80. The minimum absolute atomic E-state index is 0.0529. The second-order valence-electron chi connectivity index (χ2n) is 5.62. The molecule has 0 unspecified atom stereocenters. The molecule has 3 N–H and O–H groups in total. The van der Waals surface area contributed by atoms with Gasteiger partial charge in [-0.1, -0.05) is 0 Å². The molecule has 7 heteroatoms. The van der Waals surface area contributed by atoms with E-state index < -0.39 is 0 Å². The summed E-state index contributed by atoms with van der Waals surface area (Å²) < 4.78 is 12.8. The Labute approximate surface area is 150 Å². The fraction of sp³-hybridized carbons (Fsp3) is 0.222. The van der Waals surface area contributed by atoms with Crippen molar-refractivity contribution in [1.29, 1.82) is 0 Å². The molecule has 0 bridgehead atoms. The fourth-order valence-corrected chi connectivity index (χ4v) is 2.64. The normalized spacial score (nSPS) is 10.4. The van der Waals surface area contributed by atoms with Crippen molar-refractivity contribution in [2.45, 2.75) is 24.8 Å². The molecule has 132 valence electrons. The van der Waals surface area contributed by atoms with E-state index in [0.717, 1.165) is 4.90 Å². The maximum Gasteiger partial charge on any atom is 0.319 e. The first-order valence-corrected chi connectivity index (χ1v) is 8.77. The molecule has 2 aromatic rings. The number of halogens is 1. The number of hydrogen-bond acceptors (Lipinski definition) is 3. The van der Waals surface area contributed by atoms with Crippen LogP contribution in [0.5, 0.6) is 0 Å². The quantitative estimate of drug-likeness (QED) is 0.679. The van der Waals surface area contributed by atoms with Crippen molar-refractivity contribution in [1.82, 2.24) is 5.32 Å². The van der Waals surface area contributed by atoms with Crippen molar-refractivity contribution in [3.05, 3.63) is 54.3 Å². The highest BCUT2D eigenvalue weighted by molar-refractivity contribution is 8.00. The predicted molar refractivity (Wildman–Crippen MR) is 99.5 cm³/mol. The van der Waals surface area contributed by atoms with Crippen LogP contribution in [0.3, 0.4) is 0 Å². The molecule has 0 spiro atoms. The molecule has 0 heterocycles. The molecule has 0 atom stereocenters. The Morgan fingerprint density at radius 1 is 0.960 bits per heavy atom. The number of rotatable bonds is 6. The van der Waals surface area contributed by atoms with E-state index in [1.54, 1.807) is 36.4 Å². The Hall–Kier alpha value is -2.54. The molecule has 0 fully saturated rings. The van der Waals surface area contributed by atoms with Crippen LogP contribution in [0, 0.1) is 5.82 Å². The summed E-state index contributed by atoms with van der Waals surface area (Å²) in [7, 11) is 0. The zero-order valence-corrected chi connectivity index (χ0v) is 14.8. The summed E-state index contributed by atoms with van der Waals surface area (Å²) in [6.07, 6.45) is 0. The molecule has 0 aliphatic rings. The molecule has 25 heavy (non-hydrogen) atoms. The SMILES string of the molecule is CC(C)NC(=O)Nc1ccc(NC(=O)CSc2ccc(F)cc2)cc1. The highest BCUT2D eigenvalue weighted by Gasteiger charge is 2.06. The Morgan fingerprint density at radius 3 is 2.08 bits per heavy atom. The zero-order chi connectivity index (χ0) is 18.2. The van der Waals surface area contributed by atoms with E-state index >= 15 is 0 Å². The van der Waals surface area contributed by atoms with Crippen LogP contribution in [0.2, 0.25) is 0 Å². The second kappa shape index (κ2) is 9.08. The molecule has 0 aliphatic heterocycles. The molecule has 0 aromatic heterocycles. The first kappa shape index (κ1) is 18.8. The topological polar surface area (TPSA) is 70.2 Å². The van der Waals surface area contributed by atoms with Crippen LogP contribution in [-0.4, -0.2) is 23.7 Å². The minimum Gasteiger partial charge on any atom is -0.336 e. The van der Waals surface area contributed by atoms with Crippen molar-refractivity contribution in [2.75, 3.05) is 16.4 Å². The van der Waals surface area contributed by atoms with Crippen LogP contribution in [0.1, 0.15) is 13.8 Å². The molecule has 2 aromatic carbocycles. The monoisotopic (exact) mass is 361 g/mol. The predicted octanol–water partition coefficient (Wildman–Crippen LogP) is 4.09. The summed E-state index contributed by atoms with van der Waals surface area (Å²) in [6.45, 7) is 3.75. The van der Waals surface area contributed by atoms with Crippen LogP contribution in [0.4, 0.5) is 20.6 Å². The summed E-state index contributed by atoms with van der Waals surface area (Å²) in [6, 6.07) is 12.6. The van der Waals surface area contributed by atoms with Crippen LogP contribution in [-0.2, 0) is 4.79 Å².